The summed E-state index contributed by atoms with van der Waals surface area (Å²) < 4.78 is 10.8. The molecular weight excluding hydrogens is 352 g/mol. The molecule has 2 aromatic rings. The number of hydrogen-bond donors (Lipinski definition) is 1. The van der Waals surface area contributed by atoms with Crippen LogP contribution in [0.3, 0.4) is 0 Å². The Hall–Kier alpha value is -2.06. The van der Waals surface area contributed by atoms with Gasteiger partial charge in [0.1, 0.15) is 11.6 Å². The molecule has 2 rings (SSSR count). The molecule has 1 amide bonds. The number of hydrogen-bond acceptors (Lipinski definition) is 7. The van der Waals surface area contributed by atoms with Crippen LogP contribution in [0.5, 0.6) is 0 Å². The highest BCUT2D eigenvalue weighted by molar-refractivity contribution is 7.98. The smallest absolute Gasteiger partial charge is 0.287 e. The molecule has 7 nitrogen and oxygen atoms in total. The number of methoxy groups -OCH3 is 1. The molecule has 0 saturated heterocycles. The van der Waals surface area contributed by atoms with Crippen LogP contribution in [0.25, 0.3) is 0 Å². The molecule has 0 saturated carbocycles. The van der Waals surface area contributed by atoms with Crippen molar-refractivity contribution in [1.29, 1.82) is 0 Å². The molecule has 0 bridgehead atoms. The first kappa shape index (κ1) is 20.3. The summed E-state index contributed by atoms with van der Waals surface area (Å²) in [5.41, 5.74) is 0.821. The molecule has 0 fully saturated rings. The van der Waals surface area contributed by atoms with Gasteiger partial charge in [-0.2, -0.15) is 0 Å². The lowest BCUT2D eigenvalue weighted by atomic mass is 10.2. The van der Waals surface area contributed by atoms with E-state index in [1.807, 2.05) is 45.0 Å². The lowest BCUT2D eigenvalue weighted by Crippen LogP contribution is -2.26. The minimum atomic E-state index is -0.191. The monoisotopic (exact) mass is 378 g/mol. The average molecular weight is 378 g/mol. The van der Waals surface area contributed by atoms with E-state index in [2.05, 4.69) is 15.3 Å². The van der Waals surface area contributed by atoms with E-state index in [0.717, 1.165) is 11.5 Å². The van der Waals surface area contributed by atoms with Gasteiger partial charge in [0.2, 0.25) is 0 Å². The minimum absolute atomic E-state index is 0.191. The molecule has 1 N–H and O–H groups in total. The normalized spacial score (nSPS) is 11.0. The number of carbonyl (C=O) groups excluding carboxylic acids is 1. The van der Waals surface area contributed by atoms with Crippen LogP contribution in [-0.4, -0.2) is 43.6 Å². The van der Waals surface area contributed by atoms with Crippen molar-refractivity contribution in [3.05, 3.63) is 35.4 Å². The van der Waals surface area contributed by atoms with Gasteiger partial charge in [-0.1, -0.05) is 25.6 Å². The molecule has 26 heavy (non-hydrogen) atoms. The third kappa shape index (κ3) is 6.03. The fourth-order valence-electron chi connectivity index (χ4n) is 2.07. The standard InChI is InChI=1S/C18H26N4O3S/c1-12(2)9-19-17(23)15-7-6-14(25-15)11-26-18-20-13(10-24-5)8-16(21-18)22(3)4/h6-8,12H,9-11H2,1-5H3,(H,19,23). The number of furan rings is 1. The molecule has 0 aliphatic rings. The zero-order valence-corrected chi connectivity index (χ0v) is 16.7. The summed E-state index contributed by atoms with van der Waals surface area (Å²) in [7, 11) is 5.50. The molecular formula is C18H26N4O3S. The number of anilines is 1. The Balaban J connectivity index is 2.01. The van der Waals surface area contributed by atoms with Crippen molar-refractivity contribution in [2.45, 2.75) is 31.4 Å². The van der Waals surface area contributed by atoms with Crippen LogP contribution < -0.4 is 10.2 Å². The van der Waals surface area contributed by atoms with E-state index in [1.165, 1.54) is 11.8 Å². The Morgan fingerprint density at radius 1 is 1.35 bits per heavy atom. The van der Waals surface area contributed by atoms with Crippen LogP contribution >= 0.6 is 11.8 Å². The predicted molar refractivity (Wildman–Crippen MR) is 103 cm³/mol. The van der Waals surface area contributed by atoms with Crippen molar-refractivity contribution in [3.63, 3.8) is 0 Å². The summed E-state index contributed by atoms with van der Waals surface area (Å²) in [4.78, 5) is 23.0. The molecule has 0 spiro atoms. The number of carbonyl (C=O) groups is 1. The summed E-state index contributed by atoms with van der Waals surface area (Å²) in [6.07, 6.45) is 0. The van der Waals surface area contributed by atoms with Gasteiger partial charge in [-0.05, 0) is 18.1 Å². The molecule has 2 heterocycles. The van der Waals surface area contributed by atoms with Crippen LogP contribution in [0.4, 0.5) is 5.82 Å². The first-order chi connectivity index (χ1) is 12.4. The maximum Gasteiger partial charge on any atom is 0.287 e. The number of thioether (sulfide) groups is 1. The number of amides is 1. The van der Waals surface area contributed by atoms with Gasteiger partial charge in [-0.3, -0.25) is 4.79 Å². The third-order valence-electron chi connectivity index (χ3n) is 3.40. The molecule has 8 heteroatoms. The highest BCUT2D eigenvalue weighted by atomic mass is 32.2. The molecule has 0 aromatic carbocycles. The van der Waals surface area contributed by atoms with Crippen LogP contribution in [-0.2, 0) is 17.1 Å². The van der Waals surface area contributed by atoms with Crippen LogP contribution in [0.2, 0.25) is 0 Å². The summed E-state index contributed by atoms with van der Waals surface area (Å²) in [6.45, 7) is 5.14. The van der Waals surface area contributed by atoms with Gasteiger partial charge in [0, 0.05) is 33.8 Å². The Bertz CT molecular complexity index is 731. The number of nitrogens with zero attached hydrogens (tertiary/aromatic N) is 3. The van der Waals surface area contributed by atoms with E-state index in [9.17, 15) is 4.79 Å². The SMILES string of the molecule is COCc1cc(N(C)C)nc(SCc2ccc(C(=O)NCC(C)C)o2)n1. The van der Waals surface area contributed by atoms with Crippen molar-refractivity contribution in [2.24, 2.45) is 5.92 Å². The first-order valence-corrected chi connectivity index (χ1v) is 9.41. The Kier molecular flexibility index (Phi) is 7.47. The largest absolute Gasteiger partial charge is 0.455 e. The van der Waals surface area contributed by atoms with Gasteiger partial charge >= 0.3 is 0 Å². The highest BCUT2D eigenvalue weighted by Gasteiger charge is 2.13. The quantitative estimate of drug-likeness (QED) is 0.531. The minimum Gasteiger partial charge on any atom is -0.455 e. The second-order valence-corrected chi connectivity index (χ2v) is 7.43. The van der Waals surface area contributed by atoms with Gasteiger partial charge < -0.3 is 19.4 Å². The van der Waals surface area contributed by atoms with Gasteiger partial charge in [0.25, 0.3) is 5.91 Å². The van der Waals surface area contributed by atoms with E-state index in [0.29, 0.717) is 41.5 Å². The maximum absolute atomic E-state index is 12.0. The van der Waals surface area contributed by atoms with Crippen LogP contribution in [0, 0.1) is 5.92 Å². The molecule has 0 unspecified atom stereocenters. The van der Waals surface area contributed by atoms with E-state index in [4.69, 9.17) is 9.15 Å². The number of nitrogens with one attached hydrogen (secondary N) is 1. The van der Waals surface area contributed by atoms with Crippen molar-refractivity contribution in [3.8, 4) is 0 Å². The predicted octanol–water partition coefficient (Wildman–Crippen LogP) is 2.96. The zero-order chi connectivity index (χ0) is 19.1. The second-order valence-electron chi connectivity index (χ2n) is 6.49. The topological polar surface area (TPSA) is 80.5 Å². The fraction of sp³-hybridized carbons (Fsp3) is 0.500. The van der Waals surface area contributed by atoms with Crippen LogP contribution in [0.1, 0.15) is 35.9 Å². The number of aromatic nitrogens is 2. The Morgan fingerprint density at radius 2 is 2.12 bits per heavy atom. The fourth-order valence-corrected chi connectivity index (χ4v) is 2.84. The molecule has 0 radical (unpaired) electrons. The van der Waals surface area contributed by atoms with Crippen molar-refractivity contribution in [1.82, 2.24) is 15.3 Å². The van der Waals surface area contributed by atoms with E-state index < -0.39 is 0 Å². The maximum atomic E-state index is 12.0. The lowest BCUT2D eigenvalue weighted by molar-refractivity contribution is 0.0920. The van der Waals surface area contributed by atoms with Gasteiger partial charge in [0.15, 0.2) is 10.9 Å². The van der Waals surface area contributed by atoms with E-state index in [1.54, 1.807) is 13.2 Å². The average Bonchev–Trinajstić information content (AvgIpc) is 3.07. The summed E-state index contributed by atoms with van der Waals surface area (Å²) in [5, 5.41) is 3.49. The molecule has 0 atom stereocenters. The van der Waals surface area contributed by atoms with Crippen molar-refractivity contribution >= 4 is 23.5 Å². The van der Waals surface area contributed by atoms with Crippen molar-refractivity contribution < 1.29 is 13.9 Å². The zero-order valence-electron chi connectivity index (χ0n) is 15.9. The summed E-state index contributed by atoms with van der Waals surface area (Å²) >= 11 is 1.46. The van der Waals surface area contributed by atoms with Crippen molar-refractivity contribution in [2.75, 3.05) is 32.6 Å². The number of ether oxygens (including phenoxy) is 1. The second kappa shape index (κ2) is 9.59. The molecule has 142 valence electrons. The summed E-state index contributed by atoms with van der Waals surface area (Å²) in [5.74, 6) is 2.60. The third-order valence-corrected chi connectivity index (χ3v) is 4.27. The Labute approximate surface area is 158 Å². The van der Waals surface area contributed by atoms with Gasteiger partial charge in [-0.15, -0.1) is 0 Å². The molecule has 0 aliphatic heterocycles. The molecule has 2 aromatic heterocycles. The van der Waals surface area contributed by atoms with E-state index in [-0.39, 0.29) is 5.91 Å². The van der Waals surface area contributed by atoms with Gasteiger partial charge in [0.05, 0.1) is 18.1 Å². The lowest BCUT2D eigenvalue weighted by Gasteiger charge is -2.13. The first-order valence-electron chi connectivity index (χ1n) is 8.43. The molecule has 0 aliphatic carbocycles. The van der Waals surface area contributed by atoms with Gasteiger partial charge in [-0.25, -0.2) is 9.97 Å². The Morgan fingerprint density at radius 3 is 2.77 bits per heavy atom. The van der Waals surface area contributed by atoms with E-state index >= 15 is 0 Å². The number of rotatable bonds is 9. The highest BCUT2D eigenvalue weighted by Crippen LogP contribution is 2.23. The summed E-state index contributed by atoms with van der Waals surface area (Å²) in [6, 6.07) is 5.40. The van der Waals surface area contributed by atoms with Crippen LogP contribution in [0.15, 0.2) is 27.8 Å².